The summed E-state index contributed by atoms with van der Waals surface area (Å²) in [6, 6.07) is 0. The van der Waals surface area contributed by atoms with Gasteiger partial charge in [-0.2, -0.15) is 0 Å². The molecule has 0 spiro atoms. The lowest BCUT2D eigenvalue weighted by Gasteiger charge is -2.30. The van der Waals surface area contributed by atoms with E-state index >= 15 is 0 Å². The third-order valence-electron chi connectivity index (χ3n) is 4.48. The van der Waals surface area contributed by atoms with Crippen molar-refractivity contribution in [3.63, 3.8) is 0 Å². The van der Waals surface area contributed by atoms with Crippen LogP contribution < -0.4 is 0 Å². The van der Waals surface area contributed by atoms with E-state index in [-0.39, 0.29) is 0 Å². The summed E-state index contributed by atoms with van der Waals surface area (Å²) in [5, 5.41) is 9.02. The van der Waals surface area contributed by atoms with E-state index in [1.807, 2.05) is 0 Å². The van der Waals surface area contributed by atoms with Gasteiger partial charge in [0, 0.05) is 6.61 Å². The summed E-state index contributed by atoms with van der Waals surface area (Å²) in [4.78, 5) is 0. The van der Waals surface area contributed by atoms with Gasteiger partial charge in [-0.1, -0.05) is 71.1 Å². The minimum Gasteiger partial charge on any atom is -0.396 e. The van der Waals surface area contributed by atoms with E-state index in [4.69, 9.17) is 5.11 Å². The van der Waals surface area contributed by atoms with Gasteiger partial charge in [0.2, 0.25) is 0 Å². The van der Waals surface area contributed by atoms with E-state index in [2.05, 4.69) is 6.92 Å². The molecular formula is C16H32O. The van der Waals surface area contributed by atoms with Gasteiger partial charge in [-0.05, 0) is 24.7 Å². The second-order valence-electron chi connectivity index (χ2n) is 5.87. The first-order valence-electron chi connectivity index (χ1n) is 7.99. The molecule has 1 aliphatic rings. The minimum atomic E-state index is 0.387. The van der Waals surface area contributed by atoms with Gasteiger partial charge in [-0.25, -0.2) is 0 Å². The molecule has 0 aromatic heterocycles. The number of unbranched alkanes of at least 4 members (excludes halogenated alkanes) is 3. The van der Waals surface area contributed by atoms with Gasteiger partial charge in [0.15, 0.2) is 0 Å². The summed E-state index contributed by atoms with van der Waals surface area (Å²) < 4.78 is 0. The topological polar surface area (TPSA) is 20.2 Å². The van der Waals surface area contributed by atoms with E-state index < -0.39 is 0 Å². The first kappa shape index (κ1) is 15.0. The van der Waals surface area contributed by atoms with Crippen LogP contribution in [0.3, 0.4) is 0 Å². The largest absolute Gasteiger partial charge is 0.396 e. The first-order chi connectivity index (χ1) is 8.38. The van der Waals surface area contributed by atoms with Crippen molar-refractivity contribution in [2.45, 2.75) is 84.0 Å². The molecule has 1 N–H and O–H groups in total. The van der Waals surface area contributed by atoms with Crippen molar-refractivity contribution in [1.29, 1.82) is 0 Å². The fraction of sp³-hybridized carbons (Fsp3) is 1.00. The molecule has 1 unspecified atom stereocenters. The fourth-order valence-corrected chi connectivity index (χ4v) is 3.41. The minimum absolute atomic E-state index is 0.387. The van der Waals surface area contributed by atoms with Gasteiger partial charge in [0.25, 0.3) is 0 Å². The van der Waals surface area contributed by atoms with E-state index in [9.17, 15) is 0 Å². The molecule has 1 fully saturated rings. The Balaban J connectivity index is 2.25. The van der Waals surface area contributed by atoms with Crippen molar-refractivity contribution in [3.8, 4) is 0 Å². The molecule has 0 saturated heterocycles. The average Bonchev–Trinajstić information content (AvgIpc) is 2.39. The number of rotatable bonds is 9. The number of hydrogen-bond donors (Lipinski definition) is 1. The summed E-state index contributed by atoms with van der Waals surface area (Å²) in [6.07, 6.45) is 16.6. The lowest BCUT2D eigenvalue weighted by atomic mass is 9.76. The van der Waals surface area contributed by atoms with Gasteiger partial charge in [0.05, 0.1) is 0 Å². The van der Waals surface area contributed by atoms with Crippen molar-refractivity contribution in [2.75, 3.05) is 6.61 Å². The molecule has 0 amide bonds. The molecule has 0 bridgehead atoms. The molecular weight excluding hydrogens is 208 g/mol. The van der Waals surface area contributed by atoms with Crippen molar-refractivity contribution in [1.82, 2.24) is 0 Å². The molecule has 0 aromatic carbocycles. The van der Waals surface area contributed by atoms with Crippen LogP contribution in [0, 0.1) is 11.8 Å². The Morgan fingerprint density at radius 1 is 0.941 bits per heavy atom. The fourth-order valence-electron chi connectivity index (χ4n) is 3.41. The molecule has 1 heteroatoms. The second kappa shape index (κ2) is 9.94. The molecule has 0 radical (unpaired) electrons. The van der Waals surface area contributed by atoms with Crippen LogP contribution in [0.4, 0.5) is 0 Å². The molecule has 102 valence electrons. The molecule has 1 rings (SSSR count). The highest BCUT2D eigenvalue weighted by atomic mass is 16.2. The molecule has 0 heterocycles. The zero-order valence-corrected chi connectivity index (χ0v) is 11.8. The normalized spacial score (nSPS) is 19.4. The SMILES string of the molecule is CCCCCCC(CCCO)C1CCCCC1. The Morgan fingerprint density at radius 2 is 1.65 bits per heavy atom. The maximum atomic E-state index is 9.02. The Kier molecular flexibility index (Phi) is 8.78. The van der Waals surface area contributed by atoms with E-state index in [0.29, 0.717) is 6.61 Å². The average molecular weight is 240 g/mol. The summed E-state index contributed by atoms with van der Waals surface area (Å²) in [7, 11) is 0. The Labute approximate surface area is 108 Å². The van der Waals surface area contributed by atoms with Gasteiger partial charge >= 0.3 is 0 Å². The predicted molar refractivity (Wildman–Crippen MR) is 75.1 cm³/mol. The summed E-state index contributed by atoms with van der Waals surface area (Å²) >= 11 is 0. The maximum absolute atomic E-state index is 9.02. The predicted octanol–water partition coefficient (Wildman–Crippen LogP) is 4.93. The highest BCUT2D eigenvalue weighted by Gasteiger charge is 2.22. The Bertz CT molecular complexity index is 161. The summed E-state index contributed by atoms with van der Waals surface area (Å²) in [6.45, 7) is 2.67. The quantitative estimate of drug-likeness (QED) is 0.567. The van der Waals surface area contributed by atoms with Crippen LogP contribution in [0.1, 0.15) is 84.0 Å². The van der Waals surface area contributed by atoms with Crippen LogP contribution in [0.2, 0.25) is 0 Å². The number of aliphatic hydroxyl groups excluding tert-OH is 1. The van der Waals surface area contributed by atoms with Crippen LogP contribution in [-0.2, 0) is 0 Å². The van der Waals surface area contributed by atoms with Crippen LogP contribution in [0.15, 0.2) is 0 Å². The zero-order chi connectivity index (χ0) is 12.3. The summed E-state index contributed by atoms with van der Waals surface area (Å²) in [5.41, 5.74) is 0. The van der Waals surface area contributed by atoms with Crippen molar-refractivity contribution >= 4 is 0 Å². The van der Waals surface area contributed by atoms with E-state index in [1.54, 1.807) is 0 Å². The molecule has 17 heavy (non-hydrogen) atoms. The monoisotopic (exact) mass is 240 g/mol. The van der Waals surface area contributed by atoms with Crippen LogP contribution in [0.5, 0.6) is 0 Å². The summed E-state index contributed by atoms with van der Waals surface area (Å²) in [5.74, 6) is 1.90. The highest BCUT2D eigenvalue weighted by Crippen LogP contribution is 2.35. The van der Waals surface area contributed by atoms with Crippen molar-refractivity contribution in [3.05, 3.63) is 0 Å². The van der Waals surface area contributed by atoms with Crippen LogP contribution in [-0.4, -0.2) is 11.7 Å². The lowest BCUT2D eigenvalue weighted by molar-refractivity contribution is 0.197. The maximum Gasteiger partial charge on any atom is 0.0431 e. The van der Waals surface area contributed by atoms with Gasteiger partial charge in [0.1, 0.15) is 0 Å². The standard InChI is InChI=1S/C16H32O/c1-2-3-4-6-10-16(13-9-14-17)15-11-7-5-8-12-15/h15-17H,2-14H2,1H3. The smallest absolute Gasteiger partial charge is 0.0431 e. The lowest BCUT2D eigenvalue weighted by Crippen LogP contribution is -2.18. The van der Waals surface area contributed by atoms with Crippen LogP contribution >= 0.6 is 0 Å². The molecule has 0 aromatic rings. The zero-order valence-electron chi connectivity index (χ0n) is 11.8. The Hall–Kier alpha value is -0.0400. The molecule has 1 aliphatic carbocycles. The molecule has 1 saturated carbocycles. The molecule has 1 atom stereocenters. The van der Waals surface area contributed by atoms with Crippen molar-refractivity contribution < 1.29 is 5.11 Å². The first-order valence-corrected chi connectivity index (χ1v) is 7.99. The third kappa shape index (κ3) is 6.45. The third-order valence-corrected chi connectivity index (χ3v) is 4.48. The number of aliphatic hydroxyl groups is 1. The highest BCUT2D eigenvalue weighted by molar-refractivity contribution is 4.74. The molecule has 0 aliphatic heterocycles. The number of hydrogen-bond acceptors (Lipinski definition) is 1. The van der Waals surface area contributed by atoms with E-state index in [0.717, 1.165) is 18.3 Å². The van der Waals surface area contributed by atoms with Crippen LogP contribution in [0.25, 0.3) is 0 Å². The second-order valence-corrected chi connectivity index (χ2v) is 5.87. The Morgan fingerprint density at radius 3 is 2.29 bits per heavy atom. The van der Waals surface area contributed by atoms with Gasteiger partial charge in [-0.3, -0.25) is 0 Å². The van der Waals surface area contributed by atoms with Gasteiger partial charge < -0.3 is 5.11 Å². The van der Waals surface area contributed by atoms with E-state index in [1.165, 1.54) is 70.6 Å². The van der Waals surface area contributed by atoms with Gasteiger partial charge in [-0.15, -0.1) is 0 Å². The van der Waals surface area contributed by atoms with Crippen molar-refractivity contribution in [2.24, 2.45) is 11.8 Å². The molecule has 1 nitrogen and oxygen atoms in total.